The van der Waals surface area contributed by atoms with Gasteiger partial charge in [-0.05, 0) is 57.9 Å². The number of hydrogen-bond acceptors (Lipinski definition) is 2. The Hall–Kier alpha value is -2.33. The predicted molar refractivity (Wildman–Crippen MR) is 103 cm³/mol. The first kappa shape index (κ1) is 19.0. The zero-order chi connectivity index (χ0) is 18.8. The average Bonchev–Trinajstić information content (AvgIpc) is 2.52. The number of amides is 2. The van der Waals surface area contributed by atoms with Crippen LogP contribution in [0.3, 0.4) is 0 Å². The Morgan fingerprint density at radius 1 is 0.920 bits per heavy atom. The molecular formula is C20H23ClN2O2. The Bertz CT molecular complexity index is 805. The van der Waals surface area contributed by atoms with Crippen LogP contribution < -0.4 is 10.6 Å². The SMILES string of the molecule is Cc1cc(C)c(NC(=O)C(C)(C)C(=O)Nc2ccccc2Cl)c(C)c1. The van der Waals surface area contributed by atoms with Crippen LogP contribution in [0.5, 0.6) is 0 Å². The maximum atomic E-state index is 12.7. The van der Waals surface area contributed by atoms with Crippen molar-refractivity contribution >= 4 is 34.8 Å². The van der Waals surface area contributed by atoms with Gasteiger partial charge < -0.3 is 10.6 Å². The van der Waals surface area contributed by atoms with Gasteiger partial charge in [-0.3, -0.25) is 9.59 Å². The number of aryl methyl sites for hydroxylation is 3. The number of carbonyl (C=O) groups is 2. The highest BCUT2D eigenvalue weighted by Crippen LogP contribution is 2.28. The third-order valence-corrected chi connectivity index (χ3v) is 4.50. The van der Waals surface area contributed by atoms with Crippen molar-refractivity contribution in [2.45, 2.75) is 34.6 Å². The molecule has 0 bridgehead atoms. The molecule has 0 radical (unpaired) electrons. The second-order valence-corrected chi connectivity index (χ2v) is 7.19. The minimum atomic E-state index is -1.26. The summed E-state index contributed by atoms with van der Waals surface area (Å²) < 4.78 is 0. The van der Waals surface area contributed by atoms with Crippen molar-refractivity contribution in [2.75, 3.05) is 10.6 Å². The quantitative estimate of drug-likeness (QED) is 0.766. The second kappa shape index (κ2) is 7.28. The Morgan fingerprint density at radius 2 is 1.44 bits per heavy atom. The molecule has 0 aliphatic rings. The lowest BCUT2D eigenvalue weighted by Crippen LogP contribution is -2.41. The van der Waals surface area contributed by atoms with Gasteiger partial charge >= 0.3 is 0 Å². The fraction of sp³-hybridized carbons (Fsp3) is 0.300. The second-order valence-electron chi connectivity index (χ2n) is 6.79. The number of rotatable bonds is 4. The first-order valence-electron chi connectivity index (χ1n) is 8.08. The number of carbonyl (C=O) groups excluding carboxylic acids is 2. The van der Waals surface area contributed by atoms with Crippen LogP contribution in [0.1, 0.15) is 30.5 Å². The molecule has 0 spiro atoms. The number of benzene rings is 2. The fourth-order valence-electron chi connectivity index (χ4n) is 2.59. The lowest BCUT2D eigenvalue weighted by molar-refractivity contribution is -0.135. The van der Waals surface area contributed by atoms with Crippen LogP contribution in [0.2, 0.25) is 5.02 Å². The van der Waals surface area contributed by atoms with Crippen LogP contribution in [0.4, 0.5) is 11.4 Å². The third kappa shape index (κ3) is 4.20. The summed E-state index contributed by atoms with van der Waals surface area (Å²) in [4.78, 5) is 25.3. The van der Waals surface area contributed by atoms with Gasteiger partial charge in [0.05, 0.1) is 10.7 Å². The number of halogens is 1. The van der Waals surface area contributed by atoms with E-state index in [1.54, 1.807) is 38.1 Å². The van der Waals surface area contributed by atoms with Crippen molar-refractivity contribution in [1.82, 2.24) is 0 Å². The maximum Gasteiger partial charge on any atom is 0.239 e. The predicted octanol–water partition coefficient (Wildman–Crippen LogP) is 4.87. The molecule has 2 rings (SSSR count). The van der Waals surface area contributed by atoms with Crippen molar-refractivity contribution in [3.8, 4) is 0 Å². The van der Waals surface area contributed by atoms with E-state index >= 15 is 0 Å². The van der Waals surface area contributed by atoms with Crippen LogP contribution >= 0.6 is 11.6 Å². The van der Waals surface area contributed by atoms with E-state index in [1.807, 2.05) is 32.9 Å². The van der Waals surface area contributed by atoms with Crippen molar-refractivity contribution in [3.63, 3.8) is 0 Å². The van der Waals surface area contributed by atoms with Gasteiger partial charge in [0.1, 0.15) is 5.41 Å². The molecule has 25 heavy (non-hydrogen) atoms. The van der Waals surface area contributed by atoms with Gasteiger partial charge in [-0.2, -0.15) is 0 Å². The Balaban J connectivity index is 2.20. The van der Waals surface area contributed by atoms with Crippen LogP contribution in [0.25, 0.3) is 0 Å². The highest BCUT2D eigenvalue weighted by molar-refractivity contribution is 6.34. The molecule has 132 valence electrons. The number of nitrogens with one attached hydrogen (secondary N) is 2. The number of hydrogen-bond donors (Lipinski definition) is 2. The normalized spacial score (nSPS) is 11.1. The van der Waals surface area contributed by atoms with Crippen molar-refractivity contribution in [1.29, 1.82) is 0 Å². The van der Waals surface area contributed by atoms with Crippen LogP contribution in [0.15, 0.2) is 36.4 Å². The maximum absolute atomic E-state index is 12.7. The lowest BCUT2D eigenvalue weighted by Gasteiger charge is -2.24. The molecule has 0 saturated carbocycles. The van der Waals surface area contributed by atoms with E-state index in [9.17, 15) is 9.59 Å². The Morgan fingerprint density at radius 3 is 2.00 bits per heavy atom. The molecule has 0 heterocycles. The Labute approximate surface area is 153 Å². The molecule has 0 aliphatic carbocycles. The van der Waals surface area contributed by atoms with Crippen LogP contribution in [-0.4, -0.2) is 11.8 Å². The van der Waals surface area contributed by atoms with Gasteiger partial charge in [0.25, 0.3) is 0 Å². The van der Waals surface area contributed by atoms with Crippen molar-refractivity contribution in [3.05, 3.63) is 58.1 Å². The smallest absolute Gasteiger partial charge is 0.239 e. The fourth-order valence-corrected chi connectivity index (χ4v) is 2.77. The van der Waals surface area contributed by atoms with E-state index in [0.29, 0.717) is 10.7 Å². The molecule has 5 heteroatoms. The molecule has 0 aromatic heterocycles. The lowest BCUT2D eigenvalue weighted by atomic mass is 9.90. The minimum Gasteiger partial charge on any atom is -0.325 e. The van der Waals surface area contributed by atoms with Gasteiger partial charge in [-0.25, -0.2) is 0 Å². The molecule has 2 N–H and O–H groups in total. The molecule has 2 aromatic carbocycles. The summed E-state index contributed by atoms with van der Waals surface area (Å²) in [5.74, 6) is -0.785. The summed E-state index contributed by atoms with van der Waals surface area (Å²) in [6.07, 6.45) is 0. The van der Waals surface area contributed by atoms with E-state index < -0.39 is 11.3 Å². The molecule has 4 nitrogen and oxygen atoms in total. The average molecular weight is 359 g/mol. The van der Waals surface area contributed by atoms with Crippen molar-refractivity contribution in [2.24, 2.45) is 5.41 Å². The molecule has 0 unspecified atom stereocenters. The summed E-state index contributed by atoms with van der Waals surface area (Å²) in [6, 6.07) is 10.9. The van der Waals surface area contributed by atoms with Crippen LogP contribution in [0, 0.1) is 26.2 Å². The van der Waals surface area contributed by atoms with Gasteiger partial charge in [0, 0.05) is 5.69 Å². The summed E-state index contributed by atoms with van der Waals surface area (Å²) in [6.45, 7) is 9.06. The van der Waals surface area contributed by atoms with Gasteiger partial charge in [-0.1, -0.05) is 41.4 Å². The van der Waals surface area contributed by atoms with E-state index in [-0.39, 0.29) is 5.91 Å². The molecular weight excluding hydrogens is 336 g/mol. The highest BCUT2D eigenvalue weighted by Gasteiger charge is 2.36. The molecule has 2 amide bonds. The first-order chi connectivity index (χ1) is 11.6. The van der Waals surface area contributed by atoms with Gasteiger partial charge in [0.15, 0.2) is 0 Å². The topological polar surface area (TPSA) is 58.2 Å². The number of anilines is 2. The van der Waals surface area contributed by atoms with E-state index in [1.165, 1.54) is 0 Å². The molecule has 0 fully saturated rings. The summed E-state index contributed by atoms with van der Waals surface area (Å²) in [5, 5.41) is 6.05. The standard InChI is InChI=1S/C20H23ClN2O2/c1-12-10-13(2)17(14(3)11-12)23-19(25)20(4,5)18(24)22-16-9-7-6-8-15(16)21/h6-11H,1-5H3,(H,22,24)(H,23,25). The van der Waals surface area contributed by atoms with Gasteiger partial charge in [0.2, 0.25) is 11.8 Å². The molecule has 0 saturated heterocycles. The zero-order valence-corrected chi connectivity index (χ0v) is 15.9. The first-order valence-corrected chi connectivity index (χ1v) is 8.46. The highest BCUT2D eigenvalue weighted by atomic mass is 35.5. The van der Waals surface area contributed by atoms with Gasteiger partial charge in [-0.15, -0.1) is 0 Å². The van der Waals surface area contributed by atoms with Crippen molar-refractivity contribution < 1.29 is 9.59 Å². The summed E-state index contributed by atoms with van der Waals surface area (Å²) in [5.41, 5.74) is 3.03. The van der Waals surface area contributed by atoms with E-state index in [4.69, 9.17) is 11.6 Å². The summed E-state index contributed by atoms with van der Waals surface area (Å²) in [7, 11) is 0. The Kier molecular flexibility index (Phi) is 5.53. The molecule has 2 aromatic rings. The summed E-state index contributed by atoms with van der Waals surface area (Å²) >= 11 is 6.07. The van der Waals surface area contributed by atoms with E-state index in [2.05, 4.69) is 10.6 Å². The monoisotopic (exact) mass is 358 g/mol. The van der Waals surface area contributed by atoms with Crippen LogP contribution in [-0.2, 0) is 9.59 Å². The number of para-hydroxylation sites is 1. The molecule has 0 atom stereocenters. The minimum absolute atomic E-state index is 0.368. The largest absolute Gasteiger partial charge is 0.325 e. The van der Waals surface area contributed by atoms with E-state index in [0.717, 1.165) is 22.4 Å². The zero-order valence-electron chi connectivity index (χ0n) is 15.2. The molecule has 0 aliphatic heterocycles. The third-order valence-electron chi connectivity index (χ3n) is 4.17.